The molecule has 0 atom stereocenters. The summed E-state index contributed by atoms with van der Waals surface area (Å²) in [4.78, 5) is 24.2. The van der Waals surface area contributed by atoms with Crippen molar-refractivity contribution in [2.75, 3.05) is 0 Å². The van der Waals surface area contributed by atoms with E-state index in [0.29, 0.717) is 22.3 Å². The summed E-state index contributed by atoms with van der Waals surface area (Å²) in [7, 11) is -3.92. The van der Waals surface area contributed by atoms with E-state index < -0.39 is 16.0 Å². The van der Waals surface area contributed by atoms with Gasteiger partial charge in [-0.05, 0) is 35.2 Å². The fraction of sp³-hybridized carbons (Fsp3) is 0.0455. The predicted molar refractivity (Wildman–Crippen MR) is 114 cm³/mol. The van der Waals surface area contributed by atoms with E-state index in [9.17, 15) is 23.1 Å². The summed E-state index contributed by atoms with van der Waals surface area (Å²) in [5.41, 5.74) is 2.09. The van der Waals surface area contributed by atoms with Gasteiger partial charge < -0.3 is 5.11 Å². The van der Waals surface area contributed by atoms with E-state index in [1.807, 2.05) is 0 Å². The van der Waals surface area contributed by atoms with Gasteiger partial charge in [0.25, 0.3) is 10.0 Å². The van der Waals surface area contributed by atoms with E-state index in [1.54, 1.807) is 47.8 Å². The van der Waals surface area contributed by atoms with Crippen molar-refractivity contribution in [2.24, 2.45) is 4.40 Å². The lowest BCUT2D eigenvalue weighted by molar-refractivity contribution is 0.0696. The van der Waals surface area contributed by atoms with E-state index in [0.717, 1.165) is 11.3 Å². The van der Waals surface area contributed by atoms with E-state index in [-0.39, 0.29) is 27.7 Å². The molecule has 0 bridgehead atoms. The van der Waals surface area contributed by atoms with Gasteiger partial charge in [-0.3, -0.25) is 4.79 Å². The van der Waals surface area contributed by atoms with Crippen LogP contribution in [0, 0.1) is 0 Å². The number of benzene rings is 2. The molecule has 6 nitrogen and oxygen atoms in total. The second-order valence-electron chi connectivity index (χ2n) is 6.61. The number of rotatable bonds is 5. The molecule has 0 saturated heterocycles. The number of carboxylic acids is 1. The van der Waals surface area contributed by atoms with Gasteiger partial charge in [0.05, 0.1) is 11.3 Å². The maximum atomic E-state index is 13.0. The molecule has 0 radical (unpaired) electrons. The molecule has 0 saturated carbocycles. The third-order valence-corrected chi connectivity index (χ3v) is 7.25. The summed E-state index contributed by atoms with van der Waals surface area (Å²) in [5.74, 6) is -1.30. The predicted octanol–water partition coefficient (Wildman–Crippen LogP) is 3.99. The Morgan fingerprint density at radius 3 is 2.47 bits per heavy atom. The highest BCUT2D eigenvalue weighted by Crippen LogP contribution is 2.27. The van der Waals surface area contributed by atoms with Crippen LogP contribution in [0.4, 0.5) is 0 Å². The van der Waals surface area contributed by atoms with E-state index in [4.69, 9.17) is 0 Å². The van der Waals surface area contributed by atoms with Gasteiger partial charge in [0.15, 0.2) is 5.78 Å². The van der Waals surface area contributed by atoms with Gasteiger partial charge in [-0.25, -0.2) is 4.79 Å². The zero-order chi connectivity index (χ0) is 21.3. The van der Waals surface area contributed by atoms with Crippen LogP contribution in [0.15, 0.2) is 86.3 Å². The fourth-order valence-electron chi connectivity index (χ4n) is 3.21. The number of ketones is 1. The second kappa shape index (κ2) is 7.81. The number of carbonyl (C=O) groups excluding carboxylic acids is 1. The number of nitrogens with zero attached hydrogens (tertiary/aromatic N) is 1. The molecule has 4 rings (SSSR count). The third-order valence-electron chi connectivity index (χ3n) is 4.59. The molecule has 3 aromatic rings. The van der Waals surface area contributed by atoms with Gasteiger partial charge >= 0.3 is 5.97 Å². The smallest absolute Gasteiger partial charge is 0.335 e. The molecule has 0 aliphatic heterocycles. The van der Waals surface area contributed by atoms with Gasteiger partial charge in [0.1, 0.15) is 4.21 Å². The van der Waals surface area contributed by atoms with E-state index in [2.05, 4.69) is 4.40 Å². The number of hydrogen-bond acceptors (Lipinski definition) is 5. The van der Waals surface area contributed by atoms with Gasteiger partial charge in [-0.15, -0.1) is 11.3 Å². The number of Topliss-reactive ketones (excluding diaryl/α,β-unsaturated/α-hetero) is 1. The summed E-state index contributed by atoms with van der Waals surface area (Å²) < 4.78 is 29.5. The first-order valence-electron chi connectivity index (χ1n) is 8.90. The Balaban J connectivity index is 1.80. The first-order valence-corrected chi connectivity index (χ1v) is 11.2. The van der Waals surface area contributed by atoms with E-state index in [1.165, 1.54) is 24.3 Å². The van der Waals surface area contributed by atoms with Crippen molar-refractivity contribution in [1.82, 2.24) is 0 Å². The highest BCUT2D eigenvalue weighted by atomic mass is 32.2. The zero-order valence-electron chi connectivity index (χ0n) is 15.5. The molecule has 1 aromatic heterocycles. The molecule has 0 spiro atoms. The van der Waals surface area contributed by atoms with Crippen LogP contribution in [0.3, 0.4) is 0 Å². The second-order valence-corrected chi connectivity index (χ2v) is 9.39. The molecule has 0 amide bonds. The molecule has 0 fully saturated rings. The fourth-order valence-corrected chi connectivity index (χ4v) is 5.18. The molecule has 150 valence electrons. The summed E-state index contributed by atoms with van der Waals surface area (Å²) in [5, 5.41) is 10.8. The van der Waals surface area contributed by atoms with Crippen LogP contribution in [0.2, 0.25) is 0 Å². The summed E-state index contributed by atoms with van der Waals surface area (Å²) in [6, 6.07) is 16.1. The Kier molecular flexibility index (Phi) is 5.19. The largest absolute Gasteiger partial charge is 0.478 e. The Bertz CT molecular complexity index is 1320. The minimum absolute atomic E-state index is 0.117. The minimum Gasteiger partial charge on any atom is -0.478 e. The van der Waals surface area contributed by atoms with Gasteiger partial charge in [0, 0.05) is 23.1 Å². The first-order chi connectivity index (χ1) is 14.3. The topological polar surface area (TPSA) is 101 Å². The molecule has 2 aromatic carbocycles. The lowest BCUT2D eigenvalue weighted by atomic mass is 9.86. The van der Waals surface area contributed by atoms with Gasteiger partial charge in [0.2, 0.25) is 0 Å². The van der Waals surface area contributed by atoms with Crippen molar-refractivity contribution >= 4 is 38.8 Å². The maximum absolute atomic E-state index is 13.0. The molecular formula is C22H15NO5S2. The molecule has 1 aliphatic carbocycles. The van der Waals surface area contributed by atoms with Gasteiger partial charge in [-0.2, -0.15) is 12.8 Å². The van der Waals surface area contributed by atoms with Gasteiger partial charge in [-0.1, -0.05) is 42.5 Å². The molecule has 1 N–H and O–H groups in total. The number of carbonyl (C=O) groups is 2. The average molecular weight is 437 g/mol. The van der Waals surface area contributed by atoms with Crippen LogP contribution in [0.25, 0.3) is 0 Å². The molecule has 30 heavy (non-hydrogen) atoms. The van der Waals surface area contributed by atoms with Crippen molar-refractivity contribution in [2.45, 2.75) is 10.6 Å². The number of hydrogen-bond donors (Lipinski definition) is 1. The van der Waals surface area contributed by atoms with Crippen LogP contribution < -0.4 is 0 Å². The van der Waals surface area contributed by atoms with Crippen LogP contribution in [-0.4, -0.2) is 31.0 Å². The summed E-state index contributed by atoms with van der Waals surface area (Å²) in [6.45, 7) is 0. The average Bonchev–Trinajstić information content (AvgIpc) is 3.27. The number of aromatic carboxylic acids is 1. The summed E-state index contributed by atoms with van der Waals surface area (Å²) >= 11 is 1.07. The van der Waals surface area contributed by atoms with Crippen LogP contribution in [0.1, 0.15) is 31.8 Å². The molecular weight excluding hydrogens is 422 g/mol. The third kappa shape index (κ3) is 3.87. The number of carboxylic acid groups (broad SMARTS) is 1. The molecule has 0 unspecified atom stereocenters. The Labute approximate surface area is 176 Å². The van der Waals surface area contributed by atoms with Crippen LogP contribution in [0.5, 0.6) is 0 Å². The van der Waals surface area contributed by atoms with E-state index >= 15 is 0 Å². The highest BCUT2D eigenvalue weighted by Gasteiger charge is 2.26. The SMILES string of the molecule is O=C(O)c1cccc(CC2=C/C(=N\S(=O)(=O)c3cccs3)c3ccccc3C2=O)c1. The molecule has 1 aliphatic rings. The number of sulfonamides is 1. The minimum atomic E-state index is -3.92. The Morgan fingerprint density at radius 2 is 1.77 bits per heavy atom. The Hall–Kier alpha value is -3.36. The van der Waals surface area contributed by atoms with Crippen molar-refractivity contribution in [1.29, 1.82) is 0 Å². The zero-order valence-corrected chi connectivity index (χ0v) is 17.1. The normalized spacial score (nSPS) is 15.0. The molecule has 8 heteroatoms. The number of allylic oxidation sites excluding steroid dienone is 2. The monoisotopic (exact) mass is 437 g/mol. The van der Waals surface area contributed by atoms with Crippen molar-refractivity contribution in [3.63, 3.8) is 0 Å². The quantitative estimate of drug-likeness (QED) is 0.650. The molecule has 1 heterocycles. The first kappa shape index (κ1) is 19.9. The van der Waals surface area contributed by atoms with Crippen molar-refractivity contribution < 1.29 is 23.1 Å². The Morgan fingerprint density at radius 1 is 1.00 bits per heavy atom. The standard InChI is InChI=1S/C22H15NO5S2/c24-21-16(12-14-5-3-6-15(11-14)22(25)26)13-19(17-7-1-2-8-18(17)21)23-30(27,28)20-9-4-10-29-20/h1-11,13H,12H2,(H,25,26)/b23-19+. The maximum Gasteiger partial charge on any atom is 0.335 e. The number of thiophene rings is 1. The lowest BCUT2D eigenvalue weighted by Crippen LogP contribution is -2.19. The van der Waals surface area contributed by atoms with Crippen molar-refractivity contribution in [3.05, 3.63) is 99.9 Å². The van der Waals surface area contributed by atoms with Crippen molar-refractivity contribution in [3.8, 4) is 0 Å². The lowest BCUT2D eigenvalue weighted by Gasteiger charge is -2.17. The van der Waals surface area contributed by atoms with Crippen LogP contribution in [-0.2, 0) is 16.4 Å². The summed E-state index contributed by atoms with van der Waals surface area (Å²) in [6.07, 6.45) is 1.63. The van der Waals surface area contributed by atoms with Crippen LogP contribution >= 0.6 is 11.3 Å². The highest BCUT2D eigenvalue weighted by molar-refractivity contribution is 7.92. The number of fused-ring (bicyclic) bond motifs is 1.